The predicted octanol–water partition coefficient (Wildman–Crippen LogP) is 5.53. The first-order valence-electron chi connectivity index (χ1n) is 12.2. The van der Waals surface area contributed by atoms with Crippen LogP contribution < -0.4 is 5.32 Å². The van der Waals surface area contributed by atoms with Crippen molar-refractivity contribution in [1.82, 2.24) is 10.3 Å². The van der Waals surface area contributed by atoms with Crippen molar-refractivity contribution in [1.29, 1.82) is 0 Å². The minimum atomic E-state index is -1.29. The fourth-order valence-corrected chi connectivity index (χ4v) is 6.28. The normalized spacial score (nSPS) is 21.6. The van der Waals surface area contributed by atoms with Crippen LogP contribution in [0.2, 0.25) is 0 Å². The van der Waals surface area contributed by atoms with Crippen molar-refractivity contribution >= 4 is 23.3 Å². The van der Waals surface area contributed by atoms with E-state index in [0.29, 0.717) is 16.3 Å². The molecule has 0 amide bonds. The van der Waals surface area contributed by atoms with Crippen molar-refractivity contribution in [3.63, 3.8) is 0 Å². The maximum Gasteiger partial charge on any atom is 0.336 e. The van der Waals surface area contributed by atoms with E-state index in [1.54, 1.807) is 13.8 Å². The molecule has 3 aromatic rings. The molecular weight excluding hydrogens is 472 g/mol. The number of hydrogen-bond acceptors (Lipinski definition) is 7. The van der Waals surface area contributed by atoms with Gasteiger partial charge in [-0.05, 0) is 45.7 Å². The Labute approximate surface area is 216 Å². The largest absolute Gasteiger partial charge is 0.465 e. The van der Waals surface area contributed by atoms with Gasteiger partial charge in [0.15, 0.2) is 5.41 Å². The summed E-state index contributed by atoms with van der Waals surface area (Å²) in [5.41, 5.74) is 3.53. The zero-order chi connectivity index (χ0) is 25.9. The number of carbonyl (C=O) groups is 2. The second kappa shape index (κ2) is 10.7. The first-order chi connectivity index (χ1) is 17.4. The van der Waals surface area contributed by atoms with Crippen LogP contribution in [0, 0.1) is 6.92 Å². The molecule has 0 radical (unpaired) electrons. The Bertz CT molecular complexity index is 1280. The highest BCUT2D eigenvalue weighted by Gasteiger charge is 2.60. The number of nitrogens with one attached hydrogen (secondary N) is 1. The second-order valence-corrected chi connectivity index (χ2v) is 9.77. The molecule has 2 heterocycles. The van der Waals surface area contributed by atoms with Gasteiger partial charge in [-0.2, -0.15) is 0 Å². The van der Waals surface area contributed by atoms with Gasteiger partial charge in [0, 0.05) is 28.6 Å². The molecule has 188 valence electrons. The second-order valence-electron chi connectivity index (χ2n) is 8.91. The van der Waals surface area contributed by atoms with Gasteiger partial charge in [-0.3, -0.25) is 4.79 Å². The van der Waals surface area contributed by atoms with Crippen LogP contribution in [0.1, 0.15) is 49.7 Å². The van der Waals surface area contributed by atoms with Gasteiger partial charge in [-0.25, -0.2) is 9.78 Å². The molecule has 3 unspecified atom stereocenters. The third kappa shape index (κ3) is 4.32. The SMILES string of the molecule is CCOC(=O)C1=C(C)NC(C)C(C(=O)OCC)(c2nc(-c3ccccc3C)cs2)C1c1ccccc1. The van der Waals surface area contributed by atoms with Crippen LogP contribution in [-0.2, 0) is 24.5 Å². The summed E-state index contributed by atoms with van der Waals surface area (Å²) in [4.78, 5) is 32.5. The number of carbonyl (C=O) groups excluding carboxylic acids is 2. The third-order valence-corrected chi connectivity index (χ3v) is 7.78. The molecule has 3 atom stereocenters. The summed E-state index contributed by atoms with van der Waals surface area (Å²) in [6.07, 6.45) is 0. The molecule has 6 nitrogen and oxygen atoms in total. The van der Waals surface area contributed by atoms with Gasteiger partial charge in [0.05, 0.1) is 24.5 Å². The van der Waals surface area contributed by atoms with E-state index in [2.05, 4.69) is 5.32 Å². The van der Waals surface area contributed by atoms with Gasteiger partial charge in [0.1, 0.15) is 5.01 Å². The average molecular weight is 505 g/mol. The zero-order valence-corrected chi connectivity index (χ0v) is 22.1. The highest BCUT2D eigenvalue weighted by molar-refractivity contribution is 7.10. The lowest BCUT2D eigenvalue weighted by Crippen LogP contribution is -2.60. The molecule has 2 aromatic carbocycles. The number of aromatic nitrogens is 1. The fourth-order valence-electron chi connectivity index (χ4n) is 5.15. The lowest BCUT2D eigenvalue weighted by atomic mass is 9.62. The van der Waals surface area contributed by atoms with Crippen molar-refractivity contribution in [2.45, 2.75) is 52.0 Å². The summed E-state index contributed by atoms with van der Waals surface area (Å²) in [6.45, 7) is 9.85. The van der Waals surface area contributed by atoms with E-state index in [1.165, 1.54) is 11.3 Å². The number of hydrogen-bond donors (Lipinski definition) is 1. The van der Waals surface area contributed by atoms with Crippen LogP contribution in [-0.4, -0.2) is 36.2 Å². The molecule has 7 heteroatoms. The molecule has 1 aromatic heterocycles. The molecule has 0 saturated carbocycles. The Hall–Kier alpha value is -3.45. The maximum absolute atomic E-state index is 14.1. The van der Waals surface area contributed by atoms with Gasteiger partial charge in [0.25, 0.3) is 0 Å². The summed E-state index contributed by atoms with van der Waals surface area (Å²) in [5.74, 6) is -1.52. The Morgan fingerprint density at radius 2 is 1.67 bits per heavy atom. The first kappa shape index (κ1) is 25.6. The predicted molar refractivity (Wildman–Crippen MR) is 142 cm³/mol. The van der Waals surface area contributed by atoms with Crippen LogP contribution in [0.4, 0.5) is 0 Å². The molecule has 1 aliphatic rings. The van der Waals surface area contributed by atoms with Crippen molar-refractivity contribution < 1.29 is 19.1 Å². The maximum atomic E-state index is 14.1. The molecular formula is C29H32N2O4S. The summed E-state index contributed by atoms with van der Waals surface area (Å²) in [6, 6.07) is 17.3. The van der Waals surface area contributed by atoms with Crippen molar-refractivity contribution in [2.75, 3.05) is 13.2 Å². The van der Waals surface area contributed by atoms with Gasteiger partial charge in [-0.15, -0.1) is 11.3 Å². The number of thiazole rings is 1. The summed E-state index contributed by atoms with van der Waals surface area (Å²) in [5, 5.41) is 5.98. The van der Waals surface area contributed by atoms with E-state index in [4.69, 9.17) is 14.5 Å². The minimum absolute atomic E-state index is 0.211. The van der Waals surface area contributed by atoms with E-state index >= 15 is 0 Å². The number of aryl methyl sites for hydroxylation is 1. The highest BCUT2D eigenvalue weighted by Crippen LogP contribution is 2.52. The number of rotatable bonds is 7. The summed E-state index contributed by atoms with van der Waals surface area (Å²) in [7, 11) is 0. The molecule has 0 saturated heterocycles. The van der Waals surface area contributed by atoms with E-state index in [9.17, 15) is 9.59 Å². The van der Waals surface area contributed by atoms with E-state index < -0.39 is 29.3 Å². The van der Waals surface area contributed by atoms with E-state index in [1.807, 2.05) is 80.7 Å². The van der Waals surface area contributed by atoms with E-state index in [-0.39, 0.29) is 13.2 Å². The summed E-state index contributed by atoms with van der Waals surface area (Å²) < 4.78 is 11.2. The van der Waals surface area contributed by atoms with E-state index in [0.717, 1.165) is 22.4 Å². The molecule has 0 bridgehead atoms. The molecule has 0 fully saturated rings. The van der Waals surface area contributed by atoms with Crippen LogP contribution in [0.5, 0.6) is 0 Å². The van der Waals surface area contributed by atoms with Crippen molar-refractivity contribution in [3.8, 4) is 11.3 Å². The van der Waals surface area contributed by atoms with Crippen LogP contribution in [0.25, 0.3) is 11.3 Å². The monoisotopic (exact) mass is 504 g/mol. The lowest BCUT2D eigenvalue weighted by Gasteiger charge is -2.46. The zero-order valence-electron chi connectivity index (χ0n) is 21.3. The first-order valence-corrected chi connectivity index (χ1v) is 13.1. The van der Waals surface area contributed by atoms with Crippen LogP contribution >= 0.6 is 11.3 Å². The summed E-state index contributed by atoms with van der Waals surface area (Å²) >= 11 is 1.42. The molecule has 1 N–H and O–H groups in total. The molecule has 0 spiro atoms. The number of esters is 2. The average Bonchev–Trinajstić information content (AvgIpc) is 3.35. The fraction of sp³-hybridized carbons (Fsp3) is 0.345. The highest BCUT2D eigenvalue weighted by atomic mass is 32.1. The standard InChI is InChI=1S/C29H32N2O4S/c1-6-34-26(32)24-19(4)30-20(5)29(28(33)35-7-2,25(24)21-14-9-8-10-15-21)27-31-23(17-36-27)22-16-12-11-13-18(22)3/h8-17,20,25,30H,6-7H2,1-5H3. The molecule has 36 heavy (non-hydrogen) atoms. The van der Waals surface area contributed by atoms with Crippen molar-refractivity contribution in [3.05, 3.63) is 87.4 Å². The number of ether oxygens (including phenoxy) is 2. The topological polar surface area (TPSA) is 77.5 Å². The van der Waals surface area contributed by atoms with Gasteiger partial charge >= 0.3 is 11.9 Å². The molecule has 0 aliphatic carbocycles. The number of benzene rings is 2. The molecule has 4 rings (SSSR count). The van der Waals surface area contributed by atoms with Crippen molar-refractivity contribution in [2.24, 2.45) is 0 Å². The Kier molecular flexibility index (Phi) is 7.59. The smallest absolute Gasteiger partial charge is 0.336 e. The minimum Gasteiger partial charge on any atom is -0.465 e. The Morgan fingerprint density at radius 3 is 2.33 bits per heavy atom. The number of nitrogens with zero attached hydrogens (tertiary/aromatic N) is 1. The lowest BCUT2D eigenvalue weighted by molar-refractivity contribution is -0.153. The van der Waals surface area contributed by atoms with Crippen LogP contribution in [0.3, 0.4) is 0 Å². The quantitative estimate of drug-likeness (QED) is 0.426. The van der Waals surface area contributed by atoms with Gasteiger partial charge in [-0.1, -0.05) is 54.6 Å². The Morgan fingerprint density at radius 1 is 1.00 bits per heavy atom. The Balaban J connectivity index is 2.02. The van der Waals surface area contributed by atoms with Crippen LogP contribution in [0.15, 0.2) is 71.2 Å². The third-order valence-electron chi connectivity index (χ3n) is 6.78. The van der Waals surface area contributed by atoms with Gasteiger partial charge < -0.3 is 14.8 Å². The van der Waals surface area contributed by atoms with Gasteiger partial charge in [0.2, 0.25) is 0 Å². The molecule has 1 aliphatic heterocycles. The number of allylic oxidation sites excluding steroid dienone is 1.